The van der Waals surface area contributed by atoms with Gasteiger partial charge < -0.3 is 9.64 Å². The van der Waals surface area contributed by atoms with Crippen molar-refractivity contribution in [1.82, 2.24) is 9.88 Å². The highest BCUT2D eigenvalue weighted by Crippen LogP contribution is 2.32. The van der Waals surface area contributed by atoms with Crippen LogP contribution in [0.1, 0.15) is 29.6 Å². The van der Waals surface area contributed by atoms with Crippen molar-refractivity contribution in [2.75, 3.05) is 7.11 Å². The van der Waals surface area contributed by atoms with Crippen LogP contribution < -0.4 is 4.74 Å². The van der Waals surface area contributed by atoms with Crippen LogP contribution in [0.15, 0.2) is 30.5 Å². The summed E-state index contributed by atoms with van der Waals surface area (Å²) in [6.45, 7) is 0. The van der Waals surface area contributed by atoms with Gasteiger partial charge in [-0.25, -0.2) is 4.98 Å². The summed E-state index contributed by atoms with van der Waals surface area (Å²) in [4.78, 5) is 18.6. The van der Waals surface area contributed by atoms with Gasteiger partial charge in [0.05, 0.1) is 18.7 Å². The molecule has 94 valence electrons. The van der Waals surface area contributed by atoms with Crippen LogP contribution in [0.5, 0.6) is 5.88 Å². The average molecular weight is 244 g/mol. The molecule has 1 saturated heterocycles. The molecule has 2 unspecified atom stereocenters. The number of methoxy groups -OCH3 is 1. The Morgan fingerprint density at radius 1 is 1.44 bits per heavy atom. The number of rotatable bonds is 2. The molecule has 2 bridgehead atoms. The van der Waals surface area contributed by atoms with E-state index in [0.717, 1.165) is 19.3 Å². The second-order valence-corrected chi connectivity index (χ2v) is 4.76. The number of hydrogen-bond donors (Lipinski definition) is 0. The maximum Gasteiger partial charge on any atom is 0.256 e. The fraction of sp³-hybridized carbons (Fsp3) is 0.429. The van der Waals surface area contributed by atoms with Gasteiger partial charge in [-0.2, -0.15) is 0 Å². The van der Waals surface area contributed by atoms with E-state index in [0.29, 0.717) is 17.5 Å². The molecule has 0 spiro atoms. The largest absolute Gasteiger partial charge is 0.481 e. The van der Waals surface area contributed by atoms with E-state index in [2.05, 4.69) is 17.1 Å². The Morgan fingerprint density at radius 3 is 3.00 bits per heavy atom. The van der Waals surface area contributed by atoms with E-state index >= 15 is 0 Å². The minimum Gasteiger partial charge on any atom is -0.481 e. The Kier molecular flexibility index (Phi) is 2.78. The first-order chi connectivity index (χ1) is 8.79. The number of fused-ring (bicyclic) bond motifs is 2. The lowest BCUT2D eigenvalue weighted by Gasteiger charge is -2.31. The number of aromatic nitrogens is 1. The van der Waals surface area contributed by atoms with Gasteiger partial charge in [0, 0.05) is 18.3 Å². The number of pyridine rings is 1. The van der Waals surface area contributed by atoms with Crippen molar-refractivity contribution in [3.63, 3.8) is 0 Å². The van der Waals surface area contributed by atoms with Crippen LogP contribution in [-0.4, -0.2) is 35.0 Å². The van der Waals surface area contributed by atoms with Crippen LogP contribution in [-0.2, 0) is 0 Å². The van der Waals surface area contributed by atoms with E-state index in [1.54, 1.807) is 25.4 Å². The minimum atomic E-state index is 0.0852. The zero-order chi connectivity index (χ0) is 12.5. The van der Waals surface area contributed by atoms with Crippen molar-refractivity contribution in [3.05, 3.63) is 36.0 Å². The van der Waals surface area contributed by atoms with Crippen LogP contribution in [0.2, 0.25) is 0 Å². The van der Waals surface area contributed by atoms with E-state index < -0.39 is 0 Å². The lowest BCUT2D eigenvalue weighted by Crippen LogP contribution is -2.42. The summed E-state index contributed by atoms with van der Waals surface area (Å²) in [6, 6.07) is 4.16. The smallest absolute Gasteiger partial charge is 0.256 e. The predicted octanol–water partition coefficient (Wildman–Crippen LogP) is 2.02. The fourth-order valence-electron chi connectivity index (χ4n) is 2.82. The number of ether oxygens (including phenoxy) is 1. The molecule has 3 heterocycles. The molecule has 18 heavy (non-hydrogen) atoms. The summed E-state index contributed by atoms with van der Waals surface area (Å²) in [6.07, 6.45) is 9.10. The Balaban J connectivity index is 1.84. The van der Waals surface area contributed by atoms with Crippen molar-refractivity contribution < 1.29 is 9.53 Å². The normalized spacial score (nSPS) is 25.3. The lowest BCUT2D eigenvalue weighted by atomic mass is 10.1. The van der Waals surface area contributed by atoms with Gasteiger partial charge in [0.2, 0.25) is 5.88 Å². The van der Waals surface area contributed by atoms with Gasteiger partial charge in [-0.15, -0.1) is 0 Å². The second kappa shape index (κ2) is 4.44. The molecule has 0 saturated carbocycles. The van der Waals surface area contributed by atoms with Crippen LogP contribution in [0.25, 0.3) is 0 Å². The third-order valence-electron chi connectivity index (χ3n) is 3.74. The van der Waals surface area contributed by atoms with Crippen molar-refractivity contribution >= 4 is 5.91 Å². The second-order valence-electron chi connectivity index (χ2n) is 4.76. The Labute approximate surface area is 106 Å². The minimum absolute atomic E-state index is 0.0852. The summed E-state index contributed by atoms with van der Waals surface area (Å²) in [5, 5.41) is 0. The lowest BCUT2D eigenvalue weighted by molar-refractivity contribution is 0.0688. The number of nitrogens with zero attached hydrogens (tertiary/aromatic N) is 2. The first-order valence-electron chi connectivity index (χ1n) is 6.29. The van der Waals surface area contributed by atoms with Gasteiger partial charge in [0.15, 0.2) is 0 Å². The highest BCUT2D eigenvalue weighted by Gasteiger charge is 2.37. The van der Waals surface area contributed by atoms with E-state index in [1.165, 1.54) is 0 Å². The van der Waals surface area contributed by atoms with Crippen molar-refractivity contribution in [2.45, 2.75) is 31.3 Å². The van der Waals surface area contributed by atoms with Crippen molar-refractivity contribution in [3.8, 4) is 5.88 Å². The molecule has 2 aliphatic rings. The highest BCUT2D eigenvalue weighted by molar-refractivity contribution is 5.94. The maximum atomic E-state index is 12.5. The van der Waals surface area contributed by atoms with Gasteiger partial charge in [-0.05, 0) is 25.3 Å². The molecule has 1 aromatic heterocycles. The molecule has 0 radical (unpaired) electrons. The molecule has 2 atom stereocenters. The monoisotopic (exact) mass is 244 g/mol. The molecule has 0 N–H and O–H groups in total. The zero-order valence-electron chi connectivity index (χ0n) is 10.4. The van der Waals surface area contributed by atoms with Gasteiger partial charge in [-0.3, -0.25) is 4.79 Å². The van der Waals surface area contributed by atoms with Gasteiger partial charge in [0.25, 0.3) is 5.91 Å². The molecule has 0 aromatic carbocycles. The van der Waals surface area contributed by atoms with Gasteiger partial charge in [0.1, 0.15) is 0 Å². The Morgan fingerprint density at radius 2 is 2.33 bits per heavy atom. The molecule has 3 rings (SSSR count). The van der Waals surface area contributed by atoms with E-state index in [4.69, 9.17) is 4.74 Å². The zero-order valence-corrected chi connectivity index (χ0v) is 10.4. The molecular weight excluding hydrogens is 228 g/mol. The van der Waals surface area contributed by atoms with Crippen molar-refractivity contribution in [1.29, 1.82) is 0 Å². The number of carbonyl (C=O) groups is 1. The van der Waals surface area contributed by atoms with Crippen LogP contribution in [0.3, 0.4) is 0 Å². The van der Waals surface area contributed by atoms with Crippen LogP contribution >= 0.6 is 0 Å². The predicted molar refractivity (Wildman–Crippen MR) is 67.5 cm³/mol. The summed E-state index contributed by atoms with van der Waals surface area (Å²) >= 11 is 0. The standard InChI is InChI=1S/C14H16N2O2/c1-18-13-8-5-10(9-15-13)14(17)16-11-3-2-4-12(16)7-6-11/h2-3,5,8-9,11-12H,4,6-7H2,1H3. The third-order valence-corrected chi connectivity index (χ3v) is 3.74. The Hall–Kier alpha value is -1.84. The summed E-state index contributed by atoms with van der Waals surface area (Å²) in [5.41, 5.74) is 0.642. The SMILES string of the molecule is COc1ccc(C(=O)N2C3C=CCC2CC3)cn1. The molecule has 4 nitrogen and oxygen atoms in total. The molecule has 0 aliphatic carbocycles. The molecule has 1 aromatic rings. The van der Waals surface area contributed by atoms with E-state index in [1.807, 2.05) is 4.90 Å². The molecular formula is C14H16N2O2. The number of hydrogen-bond acceptors (Lipinski definition) is 3. The fourth-order valence-corrected chi connectivity index (χ4v) is 2.82. The quantitative estimate of drug-likeness (QED) is 0.747. The topological polar surface area (TPSA) is 42.4 Å². The first kappa shape index (κ1) is 11.3. The van der Waals surface area contributed by atoms with Crippen LogP contribution in [0.4, 0.5) is 0 Å². The summed E-state index contributed by atoms with van der Waals surface area (Å²) in [5.74, 6) is 0.620. The Bertz CT molecular complexity index is 481. The third kappa shape index (κ3) is 1.78. The van der Waals surface area contributed by atoms with Gasteiger partial charge in [-0.1, -0.05) is 12.2 Å². The number of carbonyl (C=O) groups excluding carboxylic acids is 1. The summed E-state index contributed by atoms with van der Waals surface area (Å²) in [7, 11) is 1.57. The molecule has 4 heteroatoms. The molecule has 2 aliphatic heterocycles. The average Bonchev–Trinajstić information content (AvgIpc) is 2.67. The van der Waals surface area contributed by atoms with Crippen LogP contribution in [0, 0.1) is 0 Å². The van der Waals surface area contributed by atoms with E-state index in [9.17, 15) is 4.79 Å². The highest BCUT2D eigenvalue weighted by atomic mass is 16.5. The molecule has 1 fully saturated rings. The maximum absolute atomic E-state index is 12.5. The first-order valence-corrected chi connectivity index (χ1v) is 6.29. The molecule has 1 amide bonds. The van der Waals surface area contributed by atoms with E-state index in [-0.39, 0.29) is 11.9 Å². The van der Waals surface area contributed by atoms with Gasteiger partial charge >= 0.3 is 0 Å². The van der Waals surface area contributed by atoms with Crippen molar-refractivity contribution in [2.24, 2.45) is 0 Å². The number of amides is 1. The summed E-state index contributed by atoms with van der Waals surface area (Å²) < 4.78 is 5.00.